The molecule has 0 aromatic heterocycles. The third-order valence-corrected chi connectivity index (χ3v) is 5.44. The molecule has 0 spiro atoms. The van der Waals surface area contributed by atoms with E-state index in [9.17, 15) is 4.79 Å². The van der Waals surface area contributed by atoms with Gasteiger partial charge in [-0.15, -0.1) is 24.8 Å². The standard InChI is InChI=1S/C19H29N3O2.2ClH/c1-24-17-6-3-5-16(13-17)21-15-8-10-22(11-9-15)19(23)12-14-4-2-7-18(14)20;;/h3,5-6,13-15,18,21H,2,4,7-12,20H2,1H3;2*1H/t14-,18+;;/m0../s1. The molecule has 1 amide bonds. The van der Waals surface area contributed by atoms with Gasteiger partial charge >= 0.3 is 0 Å². The summed E-state index contributed by atoms with van der Waals surface area (Å²) in [5.41, 5.74) is 7.18. The minimum atomic E-state index is 0. The van der Waals surface area contributed by atoms with Gasteiger partial charge < -0.3 is 20.7 Å². The van der Waals surface area contributed by atoms with Crippen LogP contribution in [0.15, 0.2) is 24.3 Å². The molecule has 2 aliphatic rings. The van der Waals surface area contributed by atoms with Crippen LogP contribution in [0.2, 0.25) is 0 Å². The van der Waals surface area contributed by atoms with E-state index in [4.69, 9.17) is 10.5 Å². The topological polar surface area (TPSA) is 67.6 Å². The van der Waals surface area contributed by atoms with Crippen molar-refractivity contribution in [2.24, 2.45) is 11.7 Å². The highest BCUT2D eigenvalue weighted by atomic mass is 35.5. The average molecular weight is 404 g/mol. The third kappa shape index (κ3) is 5.93. The molecule has 1 heterocycles. The van der Waals surface area contributed by atoms with Crippen molar-refractivity contribution in [3.05, 3.63) is 24.3 Å². The summed E-state index contributed by atoms with van der Waals surface area (Å²) in [6.07, 6.45) is 5.96. The van der Waals surface area contributed by atoms with Crippen molar-refractivity contribution in [1.29, 1.82) is 0 Å². The normalized spacial score (nSPS) is 22.9. The average Bonchev–Trinajstić information content (AvgIpc) is 3.00. The summed E-state index contributed by atoms with van der Waals surface area (Å²) in [6.45, 7) is 1.67. The van der Waals surface area contributed by atoms with Crippen LogP contribution in [0.1, 0.15) is 38.5 Å². The molecule has 1 aliphatic heterocycles. The van der Waals surface area contributed by atoms with E-state index in [2.05, 4.69) is 11.4 Å². The summed E-state index contributed by atoms with van der Waals surface area (Å²) in [4.78, 5) is 14.5. The Morgan fingerprint density at radius 2 is 1.96 bits per heavy atom. The van der Waals surface area contributed by atoms with E-state index in [-0.39, 0.29) is 36.8 Å². The predicted octanol–water partition coefficient (Wildman–Crippen LogP) is 3.46. The number of carbonyl (C=O) groups excluding carboxylic acids is 1. The lowest BCUT2D eigenvalue weighted by molar-refractivity contribution is -0.133. The fourth-order valence-electron chi connectivity index (χ4n) is 3.89. The predicted molar refractivity (Wildman–Crippen MR) is 111 cm³/mol. The van der Waals surface area contributed by atoms with E-state index in [0.717, 1.165) is 50.2 Å². The number of halogens is 2. The number of hydrogen-bond acceptors (Lipinski definition) is 4. The molecule has 3 N–H and O–H groups in total. The second-order valence-electron chi connectivity index (χ2n) is 7.09. The molecule has 3 rings (SSSR count). The fourth-order valence-corrected chi connectivity index (χ4v) is 3.89. The zero-order valence-corrected chi connectivity index (χ0v) is 17.0. The Hall–Kier alpha value is -1.17. The minimum absolute atomic E-state index is 0. The maximum atomic E-state index is 12.5. The molecule has 1 saturated heterocycles. The minimum Gasteiger partial charge on any atom is -0.497 e. The number of likely N-dealkylation sites (tertiary alicyclic amines) is 1. The number of amides is 1. The van der Waals surface area contributed by atoms with E-state index in [1.165, 1.54) is 6.42 Å². The zero-order chi connectivity index (χ0) is 16.9. The van der Waals surface area contributed by atoms with Gasteiger partial charge in [0.25, 0.3) is 0 Å². The number of rotatable bonds is 5. The molecular weight excluding hydrogens is 373 g/mol. The zero-order valence-electron chi connectivity index (χ0n) is 15.4. The van der Waals surface area contributed by atoms with Gasteiger partial charge in [-0.2, -0.15) is 0 Å². The number of methoxy groups -OCH3 is 1. The molecule has 148 valence electrons. The largest absolute Gasteiger partial charge is 0.497 e. The highest BCUT2D eigenvalue weighted by Gasteiger charge is 2.29. The van der Waals surface area contributed by atoms with Crippen LogP contribution < -0.4 is 15.8 Å². The van der Waals surface area contributed by atoms with E-state index in [0.29, 0.717) is 18.4 Å². The van der Waals surface area contributed by atoms with Gasteiger partial charge in [0.2, 0.25) is 5.91 Å². The molecule has 2 fully saturated rings. The van der Waals surface area contributed by atoms with Gasteiger partial charge in [-0.25, -0.2) is 0 Å². The van der Waals surface area contributed by atoms with Gasteiger partial charge in [-0.3, -0.25) is 4.79 Å². The summed E-state index contributed by atoms with van der Waals surface area (Å²) < 4.78 is 5.26. The molecule has 1 aromatic carbocycles. The number of carbonyl (C=O) groups is 1. The Morgan fingerprint density at radius 3 is 2.58 bits per heavy atom. The second-order valence-corrected chi connectivity index (χ2v) is 7.09. The number of piperidine rings is 1. The van der Waals surface area contributed by atoms with Crippen LogP contribution in [0.5, 0.6) is 5.75 Å². The van der Waals surface area contributed by atoms with Crippen LogP contribution in [-0.4, -0.2) is 43.1 Å². The van der Waals surface area contributed by atoms with Crippen LogP contribution in [0.3, 0.4) is 0 Å². The van der Waals surface area contributed by atoms with Gasteiger partial charge in [0.1, 0.15) is 5.75 Å². The first kappa shape index (κ1) is 22.9. The number of nitrogens with one attached hydrogen (secondary N) is 1. The van der Waals surface area contributed by atoms with Crippen LogP contribution in [0.25, 0.3) is 0 Å². The van der Waals surface area contributed by atoms with Gasteiger partial charge in [-0.05, 0) is 43.7 Å². The number of hydrogen-bond donors (Lipinski definition) is 2. The summed E-state index contributed by atoms with van der Waals surface area (Å²) in [5, 5.41) is 3.56. The SMILES string of the molecule is COc1cccc(NC2CCN(C(=O)C[C@@H]3CCC[C@H]3N)CC2)c1.Cl.Cl. The Labute approximate surface area is 168 Å². The highest BCUT2D eigenvalue weighted by Crippen LogP contribution is 2.28. The molecule has 0 bridgehead atoms. The van der Waals surface area contributed by atoms with Gasteiger partial charge in [0.05, 0.1) is 7.11 Å². The molecule has 5 nitrogen and oxygen atoms in total. The van der Waals surface area contributed by atoms with Crippen LogP contribution >= 0.6 is 24.8 Å². The lowest BCUT2D eigenvalue weighted by Crippen LogP contribution is -2.43. The quantitative estimate of drug-likeness (QED) is 0.789. The number of nitrogens with two attached hydrogens (primary N) is 1. The lowest BCUT2D eigenvalue weighted by atomic mass is 9.98. The van der Waals surface area contributed by atoms with Crippen molar-refractivity contribution in [3.63, 3.8) is 0 Å². The monoisotopic (exact) mass is 403 g/mol. The fraction of sp³-hybridized carbons (Fsp3) is 0.632. The summed E-state index contributed by atoms with van der Waals surface area (Å²) >= 11 is 0. The molecule has 0 radical (unpaired) electrons. The van der Waals surface area contributed by atoms with Crippen LogP contribution in [0.4, 0.5) is 5.69 Å². The summed E-state index contributed by atoms with van der Waals surface area (Å²) in [5.74, 6) is 1.54. The van der Waals surface area contributed by atoms with E-state index >= 15 is 0 Å². The summed E-state index contributed by atoms with van der Waals surface area (Å²) in [6, 6.07) is 8.64. The maximum Gasteiger partial charge on any atom is 0.222 e. The van der Waals surface area contributed by atoms with E-state index in [1.807, 2.05) is 23.1 Å². The number of benzene rings is 1. The van der Waals surface area contributed by atoms with Crippen molar-refractivity contribution in [1.82, 2.24) is 4.90 Å². The van der Waals surface area contributed by atoms with Crippen molar-refractivity contribution in [2.45, 2.75) is 50.6 Å². The van der Waals surface area contributed by atoms with Crippen molar-refractivity contribution in [2.75, 3.05) is 25.5 Å². The second kappa shape index (κ2) is 10.9. The number of ether oxygens (including phenoxy) is 1. The highest BCUT2D eigenvalue weighted by molar-refractivity contribution is 5.85. The first-order chi connectivity index (χ1) is 11.7. The van der Waals surface area contributed by atoms with Crippen LogP contribution in [0, 0.1) is 5.92 Å². The van der Waals surface area contributed by atoms with Crippen LogP contribution in [-0.2, 0) is 4.79 Å². The Balaban J connectivity index is 0.00000169. The number of nitrogens with zero attached hydrogens (tertiary/aromatic N) is 1. The van der Waals surface area contributed by atoms with Crippen molar-refractivity contribution in [3.8, 4) is 5.75 Å². The van der Waals surface area contributed by atoms with Gasteiger partial charge in [-0.1, -0.05) is 12.5 Å². The first-order valence-electron chi connectivity index (χ1n) is 9.09. The molecule has 1 aromatic rings. The maximum absolute atomic E-state index is 12.5. The Morgan fingerprint density at radius 1 is 1.23 bits per heavy atom. The molecular formula is C19H31Cl2N3O2. The van der Waals surface area contributed by atoms with Gasteiger partial charge in [0.15, 0.2) is 0 Å². The van der Waals surface area contributed by atoms with E-state index in [1.54, 1.807) is 7.11 Å². The summed E-state index contributed by atoms with van der Waals surface area (Å²) in [7, 11) is 1.68. The Bertz CT molecular complexity index is 565. The molecule has 1 saturated carbocycles. The van der Waals surface area contributed by atoms with Crippen molar-refractivity contribution < 1.29 is 9.53 Å². The molecule has 1 aliphatic carbocycles. The van der Waals surface area contributed by atoms with Gasteiger partial charge in [0, 0.05) is 43.3 Å². The molecule has 2 atom stereocenters. The first-order valence-corrected chi connectivity index (χ1v) is 9.09. The molecule has 7 heteroatoms. The van der Waals surface area contributed by atoms with Crippen molar-refractivity contribution >= 4 is 36.4 Å². The van der Waals surface area contributed by atoms with E-state index < -0.39 is 0 Å². The third-order valence-electron chi connectivity index (χ3n) is 5.44. The smallest absolute Gasteiger partial charge is 0.222 e. The number of anilines is 1. The Kier molecular flexibility index (Phi) is 9.55. The molecule has 26 heavy (non-hydrogen) atoms. The molecule has 0 unspecified atom stereocenters. The lowest BCUT2D eigenvalue weighted by Gasteiger charge is -2.33.